The Balaban J connectivity index is 2.69. The van der Waals surface area contributed by atoms with E-state index in [-0.39, 0.29) is 0 Å². The van der Waals surface area contributed by atoms with Crippen LogP contribution in [-0.4, -0.2) is 14.8 Å². The van der Waals surface area contributed by atoms with Crippen LogP contribution in [0.25, 0.3) is 5.69 Å². The van der Waals surface area contributed by atoms with Gasteiger partial charge in [-0.2, -0.15) is 5.10 Å². The summed E-state index contributed by atoms with van der Waals surface area (Å²) in [7, 11) is 0. The van der Waals surface area contributed by atoms with Crippen molar-refractivity contribution in [1.29, 1.82) is 0 Å². The zero-order chi connectivity index (χ0) is 11.0. The van der Waals surface area contributed by atoms with E-state index in [0.717, 1.165) is 11.3 Å². The van der Waals surface area contributed by atoms with Crippen LogP contribution in [0.3, 0.4) is 0 Å². The Morgan fingerprint density at radius 1 is 1.33 bits per heavy atom. The number of benzene rings is 1. The molecule has 78 valence electrons. The lowest BCUT2D eigenvalue weighted by atomic mass is 10.2. The molecule has 0 atom stereocenters. The van der Waals surface area contributed by atoms with Crippen LogP contribution in [0.5, 0.6) is 0 Å². The number of rotatable bonds is 1. The lowest BCUT2D eigenvalue weighted by Gasteiger charge is -2.06. The third-order valence-electron chi connectivity index (χ3n) is 2.04. The van der Waals surface area contributed by atoms with E-state index in [2.05, 4.69) is 10.2 Å². The van der Waals surface area contributed by atoms with Gasteiger partial charge in [0.2, 0.25) is 0 Å². The number of H-pyrrole nitrogens is 1. The molecule has 0 aliphatic rings. The molecule has 2 rings (SSSR count). The van der Waals surface area contributed by atoms with Gasteiger partial charge in [0.15, 0.2) is 4.77 Å². The second kappa shape index (κ2) is 3.96. The van der Waals surface area contributed by atoms with E-state index in [1.807, 2.05) is 6.92 Å². The zero-order valence-electron chi connectivity index (χ0n) is 7.79. The van der Waals surface area contributed by atoms with Crippen LogP contribution in [0.4, 0.5) is 0 Å². The van der Waals surface area contributed by atoms with Crippen molar-refractivity contribution in [3.05, 3.63) is 38.8 Å². The Bertz CT molecular complexity index is 559. The molecule has 2 aromatic rings. The summed E-state index contributed by atoms with van der Waals surface area (Å²) in [5.74, 6) is 0. The highest BCUT2D eigenvalue weighted by atomic mass is 35.5. The predicted molar refractivity (Wildman–Crippen MR) is 63.5 cm³/mol. The summed E-state index contributed by atoms with van der Waals surface area (Å²) in [6.45, 7) is 1.90. The highest BCUT2D eigenvalue weighted by Crippen LogP contribution is 2.27. The minimum atomic E-state index is 0.483. The number of aromatic nitrogens is 3. The summed E-state index contributed by atoms with van der Waals surface area (Å²) in [6, 6.07) is 3.57. The molecule has 0 saturated heterocycles. The minimum absolute atomic E-state index is 0.483. The van der Waals surface area contributed by atoms with E-state index in [4.69, 9.17) is 35.4 Å². The quantitative estimate of drug-likeness (QED) is 0.795. The molecule has 0 fully saturated rings. The first-order valence-electron chi connectivity index (χ1n) is 4.17. The maximum atomic E-state index is 6.10. The van der Waals surface area contributed by atoms with Crippen molar-refractivity contribution in [2.75, 3.05) is 0 Å². The zero-order valence-corrected chi connectivity index (χ0v) is 10.1. The molecule has 1 aromatic heterocycles. The Labute approximate surface area is 102 Å². The molecule has 0 aliphatic carbocycles. The van der Waals surface area contributed by atoms with Gasteiger partial charge < -0.3 is 0 Å². The molecular formula is C9H7Cl2N3S. The Hall–Kier alpha value is -0.840. The maximum absolute atomic E-state index is 6.10. The third kappa shape index (κ3) is 1.93. The first-order valence-corrected chi connectivity index (χ1v) is 5.34. The van der Waals surface area contributed by atoms with Gasteiger partial charge in [-0.05, 0) is 36.8 Å². The Morgan fingerprint density at radius 3 is 2.67 bits per heavy atom. The van der Waals surface area contributed by atoms with E-state index < -0.39 is 0 Å². The van der Waals surface area contributed by atoms with Crippen LogP contribution < -0.4 is 0 Å². The van der Waals surface area contributed by atoms with Gasteiger partial charge in [-0.25, -0.2) is 0 Å². The lowest BCUT2D eigenvalue weighted by molar-refractivity contribution is 1.03. The molecular weight excluding hydrogens is 253 g/mol. The van der Waals surface area contributed by atoms with Gasteiger partial charge >= 0.3 is 0 Å². The number of aryl methyl sites for hydroxylation is 1. The number of nitrogens with one attached hydrogen (secondary N) is 1. The van der Waals surface area contributed by atoms with Crippen molar-refractivity contribution in [1.82, 2.24) is 14.8 Å². The number of nitrogens with zero attached hydrogens (tertiary/aromatic N) is 2. The van der Waals surface area contributed by atoms with Crippen LogP contribution in [0.15, 0.2) is 18.5 Å². The van der Waals surface area contributed by atoms with E-state index in [9.17, 15) is 0 Å². The fourth-order valence-electron chi connectivity index (χ4n) is 1.24. The number of hydrogen-bond donors (Lipinski definition) is 1. The summed E-state index contributed by atoms with van der Waals surface area (Å²) in [6.07, 6.45) is 1.56. The molecule has 0 aliphatic heterocycles. The van der Waals surface area contributed by atoms with Crippen molar-refractivity contribution >= 4 is 35.4 Å². The minimum Gasteiger partial charge on any atom is -0.273 e. The monoisotopic (exact) mass is 259 g/mol. The molecule has 0 unspecified atom stereocenters. The molecule has 0 amide bonds. The summed E-state index contributed by atoms with van der Waals surface area (Å²) in [5, 5.41) is 7.72. The summed E-state index contributed by atoms with van der Waals surface area (Å²) < 4.78 is 2.15. The third-order valence-corrected chi connectivity index (χ3v) is 3.04. The Kier molecular flexibility index (Phi) is 2.82. The van der Waals surface area contributed by atoms with Crippen molar-refractivity contribution in [3.8, 4) is 5.69 Å². The molecule has 0 saturated carbocycles. The highest BCUT2D eigenvalue weighted by Gasteiger charge is 2.07. The van der Waals surface area contributed by atoms with Crippen molar-refractivity contribution in [3.63, 3.8) is 0 Å². The molecule has 0 spiro atoms. The largest absolute Gasteiger partial charge is 0.273 e. The fraction of sp³-hybridized carbons (Fsp3) is 0.111. The summed E-state index contributed by atoms with van der Waals surface area (Å²) in [5.41, 5.74) is 1.66. The van der Waals surface area contributed by atoms with Crippen LogP contribution in [-0.2, 0) is 0 Å². The number of halogens is 2. The Morgan fingerprint density at radius 2 is 2.07 bits per heavy atom. The van der Waals surface area contributed by atoms with Gasteiger partial charge in [0.25, 0.3) is 0 Å². The molecule has 6 heteroatoms. The van der Waals surface area contributed by atoms with Crippen LogP contribution in [0, 0.1) is 11.7 Å². The van der Waals surface area contributed by atoms with Gasteiger partial charge in [-0.15, -0.1) is 0 Å². The molecule has 1 aromatic carbocycles. The standard InChI is InChI=1S/C9H7Cl2N3S/c1-5-2-7(11)8(3-6(5)10)14-4-12-13-9(14)15/h2-4H,1H3,(H,13,15). The van der Waals surface area contributed by atoms with Crippen LogP contribution >= 0.6 is 35.4 Å². The number of aromatic amines is 1. The van der Waals surface area contributed by atoms with Gasteiger partial charge in [0.1, 0.15) is 6.33 Å². The molecule has 0 radical (unpaired) electrons. The molecule has 15 heavy (non-hydrogen) atoms. The smallest absolute Gasteiger partial charge is 0.199 e. The van der Waals surface area contributed by atoms with E-state index >= 15 is 0 Å². The first kappa shape index (κ1) is 10.7. The van der Waals surface area contributed by atoms with Crippen LogP contribution in [0.1, 0.15) is 5.56 Å². The summed E-state index contributed by atoms with van der Waals surface area (Å²) >= 11 is 17.2. The van der Waals surface area contributed by atoms with Gasteiger partial charge in [0.05, 0.1) is 10.7 Å². The lowest BCUT2D eigenvalue weighted by Crippen LogP contribution is -1.94. The second-order valence-corrected chi connectivity index (χ2v) is 4.29. The number of hydrogen-bond acceptors (Lipinski definition) is 2. The average Bonchev–Trinajstić information content (AvgIpc) is 2.58. The maximum Gasteiger partial charge on any atom is 0.199 e. The van der Waals surface area contributed by atoms with Crippen molar-refractivity contribution in [2.45, 2.75) is 6.92 Å². The van der Waals surface area contributed by atoms with Gasteiger partial charge in [-0.3, -0.25) is 9.67 Å². The SMILES string of the molecule is Cc1cc(Cl)c(-n2cn[nH]c2=S)cc1Cl. The van der Waals surface area contributed by atoms with Crippen LogP contribution in [0.2, 0.25) is 10.0 Å². The molecule has 1 heterocycles. The van der Waals surface area contributed by atoms with Crippen molar-refractivity contribution in [2.24, 2.45) is 0 Å². The highest BCUT2D eigenvalue weighted by molar-refractivity contribution is 7.71. The first-order chi connectivity index (χ1) is 7.09. The van der Waals surface area contributed by atoms with E-state index in [1.165, 1.54) is 0 Å². The van der Waals surface area contributed by atoms with Gasteiger partial charge in [0, 0.05) is 5.02 Å². The predicted octanol–water partition coefficient (Wildman–Crippen LogP) is 3.55. The topological polar surface area (TPSA) is 33.6 Å². The molecule has 1 N–H and O–H groups in total. The van der Waals surface area contributed by atoms with E-state index in [0.29, 0.717) is 14.8 Å². The van der Waals surface area contributed by atoms with E-state index in [1.54, 1.807) is 23.0 Å². The second-order valence-electron chi connectivity index (χ2n) is 3.08. The fourth-order valence-corrected chi connectivity index (χ4v) is 1.91. The van der Waals surface area contributed by atoms with Crippen molar-refractivity contribution < 1.29 is 0 Å². The average molecular weight is 260 g/mol. The molecule has 3 nitrogen and oxygen atoms in total. The summed E-state index contributed by atoms with van der Waals surface area (Å²) in [4.78, 5) is 0. The normalized spacial score (nSPS) is 10.6. The van der Waals surface area contributed by atoms with Gasteiger partial charge in [-0.1, -0.05) is 23.2 Å². The molecule has 0 bridgehead atoms.